The summed E-state index contributed by atoms with van der Waals surface area (Å²) in [6, 6.07) is 4.54. The smallest absolute Gasteiger partial charge is 0.0870 e. The number of rotatable bonds is 6. The Kier molecular flexibility index (Phi) is 5.35. The normalized spacial score (nSPS) is 11.0. The summed E-state index contributed by atoms with van der Waals surface area (Å²) in [6.07, 6.45) is 4.65. The third-order valence-electron chi connectivity index (χ3n) is 2.53. The van der Waals surface area contributed by atoms with E-state index in [4.69, 9.17) is 18.0 Å². The first-order chi connectivity index (χ1) is 7.59. The van der Waals surface area contributed by atoms with E-state index in [9.17, 15) is 0 Å². The summed E-state index contributed by atoms with van der Waals surface area (Å²) in [4.78, 5) is 6.84. The lowest BCUT2D eigenvalue weighted by Gasteiger charge is -2.25. The van der Waals surface area contributed by atoms with Crippen LogP contribution in [0.25, 0.3) is 0 Å². The van der Waals surface area contributed by atoms with Crippen molar-refractivity contribution in [3.63, 3.8) is 0 Å². The molecule has 0 fully saturated rings. The molecule has 0 bridgehead atoms. The largest absolute Gasteiger partial charge is 0.392 e. The minimum Gasteiger partial charge on any atom is -0.392 e. The molecular formula is C12H19N3S. The molecule has 88 valence electrons. The Bertz CT molecular complexity index is 324. The number of nitrogens with two attached hydrogens (primary N) is 1. The van der Waals surface area contributed by atoms with Gasteiger partial charge in [-0.15, -0.1) is 0 Å². The third kappa shape index (κ3) is 4.68. The van der Waals surface area contributed by atoms with Crippen molar-refractivity contribution in [3.8, 4) is 0 Å². The summed E-state index contributed by atoms with van der Waals surface area (Å²) < 4.78 is 0. The lowest BCUT2D eigenvalue weighted by atomic mass is 10.2. The van der Waals surface area contributed by atoms with Gasteiger partial charge in [-0.05, 0) is 38.0 Å². The fourth-order valence-corrected chi connectivity index (χ4v) is 1.71. The molecule has 0 aliphatic carbocycles. The van der Waals surface area contributed by atoms with Crippen LogP contribution in [-0.2, 0) is 6.42 Å². The summed E-state index contributed by atoms with van der Waals surface area (Å²) in [6.45, 7) is 5.98. The molecule has 0 aliphatic heterocycles. The Labute approximate surface area is 103 Å². The van der Waals surface area contributed by atoms with E-state index in [0.717, 1.165) is 13.0 Å². The van der Waals surface area contributed by atoms with Crippen LogP contribution in [0.3, 0.4) is 0 Å². The van der Waals surface area contributed by atoms with Gasteiger partial charge in [-0.25, -0.2) is 0 Å². The van der Waals surface area contributed by atoms with Crippen LogP contribution in [0.1, 0.15) is 19.4 Å². The highest BCUT2D eigenvalue weighted by molar-refractivity contribution is 7.80. The van der Waals surface area contributed by atoms with Crippen LogP contribution in [0, 0.1) is 0 Å². The molecule has 2 N–H and O–H groups in total. The second-order valence-corrected chi connectivity index (χ2v) is 4.66. The molecule has 0 aromatic carbocycles. The molecule has 0 radical (unpaired) electrons. The summed E-state index contributed by atoms with van der Waals surface area (Å²) >= 11 is 4.95. The van der Waals surface area contributed by atoms with E-state index in [-0.39, 0.29) is 0 Å². The number of thiocarbonyl (C=S) groups is 1. The Morgan fingerprint density at radius 1 is 1.44 bits per heavy atom. The van der Waals surface area contributed by atoms with Gasteiger partial charge in [-0.2, -0.15) is 0 Å². The van der Waals surface area contributed by atoms with Crippen molar-refractivity contribution in [2.45, 2.75) is 26.3 Å². The molecular weight excluding hydrogens is 218 g/mol. The maximum Gasteiger partial charge on any atom is 0.0870 e. The van der Waals surface area contributed by atoms with Crippen molar-refractivity contribution in [1.29, 1.82) is 0 Å². The van der Waals surface area contributed by atoms with Gasteiger partial charge in [0.05, 0.1) is 4.99 Å². The van der Waals surface area contributed by atoms with Crippen molar-refractivity contribution in [1.82, 2.24) is 9.88 Å². The molecule has 1 heterocycles. The van der Waals surface area contributed by atoms with Gasteiger partial charge in [0.25, 0.3) is 0 Å². The number of hydrogen-bond donors (Lipinski definition) is 1. The highest BCUT2D eigenvalue weighted by Gasteiger charge is 2.10. The van der Waals surface area contributed by atoms with Crippen LogP contribution in [-0.4, -0.2) is 34.0 Å². The number of hydrogen-bond acceptors (Lipinski definition) is 3. The molecule has 0 aliphatic rings. The summed E-state index contributed by atoms with van der Waals surface area (Å²) in [5, 5.41) is 0. The highest BCUT2D eigenvalue weighted by atomic mass is 32.1. The fourth-order valence-electron chi connectivity index (χ4n) is 1.54. The van der Waals surface area contributed by atoms with Crippen LogP contribution in [0.4, 0.5) is 0 Å². The Morgan fingerprint density at radius 2 is 2.06 bits per heavy atom. The van der Waals surface area contributed by atoms with E-state index in [1.165, 1.54) is 5.56 Å². The molecule has 4 heteroatoms. The minimum atomic E-state index is 0.461. The second kappa shape index (κ2) is 6.55. The zero-order valence-corrected chi connectivity index (χ0v) is 10.7. The van der Waals surface area contributed by atoms with Crippen molar-refractivity contribution in [2.24, 2.45) is 5.73 Å². The van der Waals surface area contributed by atoms with Gasteiger partial charge < -0.3 is 5.73 Å². The minimum absolute atomic E-state index is 0.461. The van der Waals surface area contributed by atoms with Crippen molar-refractivity contribution in [2.75, 3.05) is 13.1 Å². The first-order valence-corrected chi connectivity index (χ1v) is 5.91. The maximum absolute atomic E-state index is 5.58. The quantitative estimate of drug-likeness (QED) is 0.764. The standard InChI is InChI=1S/C12H19N3S/c1-10(2)15(9-12(13)16)8-5-11-3-6-14-7-4-11/h3-4,6-7,10H,5,8-9H2,1-2H3,(H2,13,16). The third-order valence-corrected chi connectivity index (χ3v) is 2.66. The highest BCUT2D eigenvalue weighted by Crippen LogP contribution is 2.03. The van der Waals surface area contributed by atoms with Gasteiger partial charge >= 0.3 is 0 Å². The predicted molar refractivity (Wildman–Crippen MR) is 71.4 cm³/mol. The van der Waals surface area contributed by atoms with Gasteiger partial charge in [0.1, 0.15) is 0 Å². The van der Waals surface area contributed by atoms with Gasteiger partial charge in [-0.3, -0.25) is 9.88 Å². The monoisotopic (exact) mass is 237 g/mol. The molecule has 0 atom stereocenters. The van der Waals surface area contributed by atoms with Crippen LogP contribution in [0.2, 0.25) is 0 Å². The molecule has 1 aromatic heterocycles. The average molecular weight is 237 g/mol. The van der Waals surface area contributed by atoms with Gasteiger partial charge in [0.2, 0.25) is 0 Å². The fraction of sp³-hybridized carbons (Fsp3) is 0.500. The molecule has 16 heavy (non-hydrogen) atoms. The Balaban J connectivity index is 2.47. The van der Waals surface area contributed by atoms with E-state index in [2.05, 4.69) is 23.7 Å². The van der Waals surface area contributed by atoms with E-state index >= 15 is 0 Å². The average Bonchev–Trinajstić information content (AvgIpc) is 2.25. The van der Waals surface area contributed by atoms with E-state index in [1.807, 2.05) is 24.5 Å². The van der Waals surface area contributed by atoms with E-state index in [1.54, 1.807) is 0 Å². The van der Waals surface area contributed by atoms with E-state index < -0.39 is 0 Å². The van der Waals surface area contributed by atoms with Gasteiger partial charge in [-0.1, -0.05) is 12.2 Å². The van der Waals surface area contributed by atoms with Crippen LogP contribution >= 0.6 is 12.2 Å². The second-order valence-electron chi connectivity index (χ2n) is 4.14. The first kappa shape index (κ1) is 13.1. The maximum atomic E-state index is 5.58. The summed E-state index contributed by atoms with van der Waals surface area (Å²) in [5.74, 6) is 0. The van der Waals surface area contributed by atoms with Crippen LogP contribution in [0.5, 0.6) is 0 Å². The number of nitrogens with zero attached hydrogens (tertiary/aromatic N) is 2. The Morgan fingerprint density at radius 3 is 2.56 bits per heavy atom. The van der Waals surface area contributed by atoms with Gasteiger partial charge in [0.15, 0.2) is 0 Å². The first-order valence-electron chi connectivity index (χ1n) is 5.51. The molecule has 0 spiro atoms. The molecule has 0 saturated carbocycles. The molecule has 0 amide bonds. The van der Waals surface area contributed by atoms with Gasteiger partial charge in [0, 0.05) is 31.5 Å². The van der Waals surface area contributed by atoms with Crippen LogP contribution < -0.4 is 5.73 Å². The zero-order valence-electron chi connectivity index (χ0n) is 9.89. The SMILES string of the molecule is CC(C)N(CCc1ccncc1)CC(N)=S. The van der Waals surface area contributed by atoms with Crippen molar-refractivity contribution >= 4 is 17.2 Å². The lowest BCUT2D eigenvalue weighted by molar-refractivity contribution is 0.257. The molecule has 3 nitrogen and oxygen atoms in total. The van der Waals surface area contributed by atoms with Crippen LogP contribution in [0.15, 0.2) is 24.5 Å². The molecule has 1 aromatic rings. The Hall–Kier alpha value is -1.00. The number of aromatic nitrogens is 1. The summed E-state index contributed by atoms with van der Waals surface area (Å²) in [5.41, 5.74) is 6.87. The van der Waals surface area contributed by atoms with E-state index in [0.29, 0.717) is 17.6 Å². The topological polar surface area (TPSA) is 42.2 Å². The lowest BCUT2D eigenvalue weighted by Crippen LogP contribution is -2.39. The number of pyridine rings is 1. The van der Waals surface area contributed by atoms with Crippen molar-refractivity contribution in [3.05, 3.63) is 30.1 Å². The molecule has 1 rings (SSSR count). The summed E-state index contributed by atoms with van der Waals surface area (Å²) in [7, 11) is 0. The zero-order chi connectivity index (χ0) is 12.0. The predicted octanol–water partition coefficient (Wildman–Crippen LogP) is 1.62. The van der Waals surface area contributed by atoms with Crippen molar-refractivity contribution < 1.29 is 0 Å². The molecule has 0 saturated heterocycles. The molecule has 0 unspecified atom stereocenters.